The normalized spacial score (nSPS) is 12.9. The third-order valence-corrected chi connectivity index (χ3v) is 5.35. The van der Waals surface area contributed by atoms with Crippen LogP contribution in [0.1, 0.15) is 38.4 Å². The van der Waals surface area contributed by atoms with Crippen LogP contribution in [0.15, 0.2) is 48.7 Å². The van der Waals surface area contributed by atoms with E-state index in [0.717, 1.165) is 48.5 Å². The number of carboxylic acid groups (broad SMARTS) is 1. The summed E-state index contributed by atoms with van der Waals surface area (Å²) >= 11 is 11.2. The van der Waals surface area contributed by atoms with E-state index in [9.17, 15) is 27.2 Å². The molecule has 0 unspecified atom stereocenters. The molecule has 4 rings (SSSR count). The molecule has 178 valence electrons. The van der Waals surface area contributed by atoms with Crippen molar-refractivity contribution in [3.8, 4) is 0 Å². The number of para-hydroxylation sites is 1. The summed E-state index contributed by atoms with van der Waals surface area (Å²) in [6.45, 7) is 0.493. The molecule has 1 aliphatic heterocycles. The third-order valence-electron chi connectivity index (χ3n) is 4.76. The second-order valence-electron chi connectivity index (χ2n) is 7.02. The van der Waals surface area contributed by atoms with Gasteiger partial charge in [0.2, 0.25) is 0 Å². The first-order valence-electron chi connectivity index (χ1n) is 9.67. The zero-order valence-corrected chi connectivity index (χ0v) is 18.6. The Kier molecular flexibility index (Phi) is 7.73. The second kappa shape index (κ2) is 10.4. The van der Waals surface area contributed by atoms with Gasteiger partial charge in [-0.15, -0.1) is 0 Å². The van der Waals surface area contributed by atoms with Gasteiger partial charge in [-0.05, 0) is 42.7 Å². The summed E-state index contributed by atoms with van der Waals surface area (Å²) in [5, 5.41) is 7.75. The first-order valence-corrected chi connectivity index (χ1v) is 10.4. The van der Waals surface area contributed by atoms with E-state index in [1.807, 2.05) is 24.3 Å². The Hall–Kier alpha value is -3.24. The average molecular weight is 516 g/mol. The van der Waals surface area contributed by atoms with Crippen molar-refractivity contribution in [2.75, 3.05) is 11.4 Å². The quantitative estimate of drug-likeness (QED) is 0.338. The maximum atomic E-state index is 12.7. The van der Waals surface area contributed by atoms with Crippen LogP contribution in [0.2, 0.25) is 10.3 Å². The van der Waals surface area contributed by atoms with Gasteiger partial charge in [-0.2, -0.15) is 13.2 Å². The fraction of sp³-hybridized carbons (Fsp3) is 0.182. The lowest BCUT2D eigenvalue weighted by Crippen LogP contribution is -2.35. The van der Waals surface area contributed by atoms with Crippen LogP contribution < -0.4 is 4.90 Å². The highest BCUT2D eigenvalue weighted by Gasteiger charge is 2.34. The number of carbonyl (C=O) groups excluding carboxylic acids is 1. The molecule has 0 bridgehead atoms. The van der Waals surface area contributed by atoms with Crippen molar-refractivity contribution in [1.82, 2.24) is 9.97 Å². The second-order valence-corrected chi connectivity index (χ2v) is 7.73. The maximum absolute atomic E-state index is 12.7. The summed E-state index contributed by atoms with van der Waals surface area (Å²) in [5.41, 5.74) is 0.323. The summed E-state index contributed by atoms with van der Waals surface area (Å²) in [4.78, 5) is 31.1. The van der Waals surface area contributed by atoms with Gasteiger partial charge < -0.3 is 10.0 Å². The first-order chi connectivity index (χ1) is 16.0. The standard InChI is InChI=1S/C16H12ClF3N2O.C6H3ClFNO2/c17-14-11(7-8-13(21-14)16(18,19)20)15(23)22-9-3-5-10-4-1-2-6-12(10)22;7-5-4(6(10)11)1-3(8)2-9-5/h1-2,4,6-8H,3,5,9H2;1-2H,(H,10,11). The Morgan fingerprint density at radius 3 is 2.35 bits per heavy atom. The van der Waals surface area contributed by atoms with Gasteiger partial charge in [-0.3, -0.25) is 4.79 Å². The van der Waals surface area contributed by atoms with Crippen molar-refractivity contribution < 1.29 is 32.3 Å². The Labute approximate surface area is 200 Å². The minimum Gasteiger partial charge on any atom is -0.478 e. The highest BCUT2D eigenvalue weighted by atomic mass is 35.5. The highest BCUT2D eigenvalue weighted by molar-refractivity contribution is 6.33. The number of rotatable bonds is 2. The third kappa shape index (κ3) is 5.81. The Bertz CT molecular complexity index is 1240. The zero-order chi connectivity index (χ0) is 25.0. The molecule has 3 aromatic rings. The Morgan fingerprint density at radius 2 is 1.74 bits per heavy atom. The van der Waals surface area contributed by atoms with E-state index >= 15 is 0 Å². The average Bonchev–Trinajstić information content (AvgIpc) is 2.79. The molecule has 0 radical (unpaired) electrons. The summed E-state index contributed by atoms with van der Waals surface area (Å²) in [7, 11) is 0. The molecule has 1 amide bonds. The van der Waals surface area contributed by atoms with Crippen LogP contribution in [0.4, 0.5) is 23.2 Å². The number of carboxylic acids is 1. The number of aromatic carboxylic acids is 1. The molecule has 0 saturated heterocycles. The van der Waals surface area contributed by atoms with Crippen molar-refractivity contribution in [1.29, 1.82) is 0 Å². The van der Waals surface area contributed by atoms with E-state index in [0.29, 0.717) is 6.54 Å². The number of fused-ring (bicyclic) bond motifs is 1. The van der Waals surface area contributed by atoms with Gasteiger partial charge in [0, 0.05) is 12.2 Å². The number of aryl methyl sites for hydroxylation is 1. The number of halogens is 6. The van der Waals surface area contributed by atoms with Crippen molar-refractivity contribution in [3.63, 3.8) is 0 Å². The number of carbonyl (C=O) groups is 2. The van der Waals surface area contributed by atoms with E-state index in [1.54, 1.807) is 0 Å². The molecule has 1 aliphatic rings. The van der Waals surface area contributed by atoms with Gasteiger partial charge >= 0.3 is 12.1 Å². The van der Waals surface area contributed by atoms with E-state index in [4.69, 9.17) is 28.3 Å². The molecule has 0 atom stereocenters. The number of anilines is 1. The van der Waals surface area contributed by atoms with Crippen LogP contribution in [-0.2, 0) is 12.6 Å². The largest absolute Gasteiger partial charge is 0.478 e. The summed E-state index contributed by atoms with van der Waals surface area (Å²) < 4.78 is 50.2. The lowest BCUT2D eigenvalue weighted by Gasteiger charge is -2.29. The molecule has 0 aliphatic carbocycles. The lowest BCUT2D eigenvalue weighted by atomic mass is 10.0. The minimum absolute atomic E-state index is 0.0311. The maximum Gasteiger partial charge on any atom is 0.433 e. The molecular formula is C22H15Cl2F4N3O3. The SMILES string of the molecule is O=C(O)c1cc(F)cnc1Cl.O=C(c1ccc(C(F)(F)F)nc1Cl)N1CCCc2ccccc21. The Morgan fingerprint density at radius 1 is 1.03 bits per heavy atom. The van der Waals surface area contributed by atoms with Crippen molar-refractivity contribution in [3.05, 3.63) is 87.2 Å². The van der Waals surface area contributed by atoms with Gasteiger partial charge in [-0.25, -0.2) is 19.2 Å². The van der Waals surface area contributed by atoms with Crippen LogP contribution in [0.25, 0.3) is 0 Å². The van der Waals surface area contributed by atoms with Gasteiger partial charge in [-0.1, -0.05) is 41.4 Å². The molecule has 2 aromatic heterocycles. The van der Waals surface area contributed by atoms with Crippen molar-refractivity contribution in [2.45, 2.75) is 19.0 Å². The van der Waals surface area contributed by atoms with E-state index in [2.05, 4.69) is 9.97 Å². The molecule has 0 saturated carbocycles. The number of hydrogen-bond acceptors (Lipinski definition) is 4. The predicted octanol–water partition coefficient (Wildman–Crippen LogP) is 5.92. The van der Waals surface area contributed by atoms with Gasteiger partial charge in [0.1, 0.15) is 21.8 Å². The minimum atomic E-state index is -4.59. The topological polar surface area (TPSA) is 83.4 Å². The van der Waals surface area contributed by atoms with Gasteiger partial charge in [0.15, 0.2) is 0 Å². The van der Waals surface area contributed by atoms with E-state index in [-0.39, 0.29) is 16.3 Å². The lowest BCUT2D eigenvalue weighted by molar-refractivity contribution is -0.141. The smallest absolute Gasteiger partial charge is 0.433 e. The number of alkyl halides is 3. The number of aromatic nitrogens is 2. The van der Waals surface area contributed by atoms with Crippen LogP contribution >= 0.6 is 23.2 Å². The molecule has 1 aromatic carbocycles. The van der Waals surface area contributed by atoms with Gasteiger partial charge in [0.05, 0.1) is 17.3 Å². The Balaban J connectivity index is 0.000000248. The number of nitrogens with zero attached hydrogens (tertiary/aromatic N) is 3. The predicted molar refractivity (Wildman–Crippen MR) is 117 cm³/mol. The van der Waals surface area contributed by atoms with Crippen LogP contribution in [-0.4, -0.2) is 33.5 Å². The van der Waals surface area contributed by atoms with Crippen LogP contribution in [0.3, 0.4) is 0 Å². The first kappa shape index (κ1) is 25.4. The van der Waals surface area contributed by atoms with Crippen molar-refractivity contribution >= 4 is 40.8 Å². The highest BCUT2D eigenvalue weighted by Crippen LogP contribution is 2.32. The molecule has 0 fully saturated rings. The summed E-state index contributed by atoms with van der Waals surface area (Å²) in [6, 6.07) is 10.1. The number of amides is 1. The van der Waals surface area contributed by atoms with E-state index in [1.165, 1.54) is 4.90 Å². The molecule has 0 spiro atoms. The number of pyridine rings is 2. The zero-order valence-electron chi connectivity index (χ0n) is 17.1. The molecule has 1 N–H and O–H groups in total. The molecule has 6 nitrogen and oxygen atoms in total. The number of benzene rings is 1. The van der Waals surface area contributed by atoms with Crippen LogP contribution in [0.5, 0.6) is 0 Å². The fourth-order valence-electron chi connectivity index (χ4n) is 3.21. The van der Waals surface area contributed by atoms with Gasteiger partial charge in [0.25, 0.3) is 5.91 Å². The molecule has 12 heteroatoms. The van der Waals surface area contributed by atoms with Crippen LogP contribution in [0, 0.1) is 5.82 Å². The van der Waals surface area contributed by atoms with Crippen molar-refractivity contribution in [2.24, 2.45) is 0 Å². The number of hydrogen-bond donors (Lipinski definition) is 1. The molecule has 34 heavy (non-hydrogen) atoms. The molecule has 3 heterocycles. The summed E-state index contributed by atoms with van der Waals surface area (Å²) in [6.07, 6.45) is -2.09. The monoisotopic (exact) mass is 515 g/mol. The summed E-state index contributed by atoms with van der Waals surface area (Å²) in [5.74, 6) is -2.45. The van der Waals surface area contributed by atoms with E-state index < -0.39 is 34.7 Å². The fourth-order valence-corrected chi connectivity index (χ4v) is 3.63. The molecular weight excluding hydrogens is 501 g/mol.